The number of rotatable bonds is 7. The average Bonchev–Trinajstić information content (AvgIpc) is 2.34. The molecule has 1 aromatic heterocycles. The fourth-order valence-electron chi connectivity index (χ4n) is 1.75. The third-order valence-corrected chi connectivity index (χ3v) is 2.65. The van der Waals surface area contributed by atoms with Gasteiger partial charge in [0.25, 0.3) is 0 Å². The van der Waals surface area contributed by atoms with Gasteiger partial charge < -0.3 is 15.4 Å². The topological polar surface area (TPSA) is 51.4 Å². The molecule has 96 valence electrons. The minimum Gasteiger partial charge on any atom is -0.380 e. The monoisotopic (exact) mass is 237 g/mol. The Bertz CT molecular complexity index is 341. The molecule has 0 spiro atoms. The molecule has 0 aromatic carbocycles. The summed E-state index contributed by atoms with van der Waals surface area (Å²) in [4.78, 5) is 6.76. The summed E-state index contributed by atoms with van der Waals surface area (Å²) in [5.74, 6) is 0.993. The normalized spacial score (nSPS) is 10.6. The van der Waals surface area contributed by atoms with Crippen LogP contribution in [-0.4, -0.2) is 31.3 Å². The highest BCUT2D eigenvalue weighted by Gasteiger charge is 2.07. The molecule has 2 N–H and O–H groups in total. The Balaban J connectivity index is 2.76. The Morgan fingerprint density at radius 3 is 2.71 bits per heavy atom. The van der Waals surface area contributed by atoms with Crippen molar-refractivity contribution >= 4 is 5.82 Å². The van der Waals surface area contributed by atoms with E-state index >= 15 is 0 Å². The van der Waals surface area contributed by atoms with Crippen molar-refractivity contribution in [3.8, 4) is 0 Å². The molecule has 0 bridgehead atoms. The van der Waals surface area contributed by atoms with Crippen LogP contribution in [0.5, 0.6) is 0 Å². The van der Waals surface area contributed by atoms with Crippen molar-refractivity contribution in [1.82, 2.24) is 4.98 Å². The minimum atomic E-state index is 0.555. The predicted octanol–water partition coefficient (Wildman–Crippen LogP) is 1.71. The van der Waals surface area contributed by atoms with Crippen LogP contribution >= 0.6 is 0 Å². The number of likely N-dealkylation sites (N-methyl/N-ethyl adjacent to an activating group) is 1. The Morgan fingerprint density at radius 2 is 2.12 bits per heavy atom. The van der Waals surface area contributed by atoms with Crippen molar-refractivity contribution in [2.24, 2.45) is 5.73 Å². The third kappa shape index (κ3) is 4.32. The number of aryl methyl sites for hydroxylation is 1. The van der Waals surface area contributed by atoms with E-state index in [-0.39, 0.29) is 0 Å². The lowest BCUT2D eigenvalue weighted by Gasteiger charge is -2.22. The zero-order valence-electron chi connectivity index (χ0n) is 11.1. The maximum absolute atomic E-state index is 5.68. The van der Waals surface area contributed by atoms with Gasteiger partial charge in [-0.2, -0.15) is 0 Å². The molecule has 0 aliphatic carbocycles. The van der Waals surface area contributed by atoms with Crippen LogP contribution in [0.3, 0.4) is 0 Å². The molecule has 0 saturated carbocycles. The smallest absolute Gasteiger partial charge is 0.129 e. The molecular weight excluding hydrogens is 214 g/mol. The number of nitrogens with two attached hydrogens (primary N) is 1. The van der Waals surface area contributed by atoms with Gasteiger partial charge >= 0.3 is 0 Å². The Kier molecular flexibility index (Phi) is 5.94. The van der Waals surface area contributed by atoms with E-state index in [0.717, 1.165) is 43.4 Å². The van der Waals surface area contributed by atoms with Gasteiger partial charge in [0.05, 0.1) is 6.61 Å². The number of nitrogens with zero attached hydrogens (tertiary/aromatic N) is 2. The second-order valence-electron chi connectivity index (χ2n) is 3.96. The van der Waals surface area contributed by atoms with Crippen LogP contribution in [0.15, 0.2) is 12.1 Å². The summed E-state index contributed by atoms with van der Waals surface area (Å²) >= 11 is 0. The van der Waals surface area contributed by atoms with Gasteiger partial charge in [-0.15, -0.1) is 0 Å². The van der Waals surface area contributed by atoms with Crippen LogP contribution in [0.25, 0.3) is 0 Å². The van der Waals surface area contributed by atoms with Crippen molar-refractivity contribution in [2.75, 3.05) is 31.2 Å². The molecule has 1 rings (SSSR count). The lowest BCUT2D eigenvalue weighted by atomic mass is 10.2. The van der Waals surface area contributed by atoms with E-state index in [2.05, 4.69) is 22.9 Å². The van der Waals surface area contributed by atoms with Crippen LogP contribution in [0, 0.1) is 6.92 Å². The summed E-state index contributed by atoms with van der Waals surface area (Å²) in [6, 6.07) is 4.09. The summed E-state index contributed by atoms with van der Waals surface area (Å²) in [5, 5.41) is 0. The summed E-state index contributed by atoms with van der Waals surface area (Å²) in [6.45, 7) is 9.97. The SMILES string of the molecule is CCOCCN(CC)c1cc(CN)cc(C)n1. The largest absolute Gasteiger partial charge is 0.380 e. The number of anilines is 1. The molecule has 1 heterocycles. The van der Waals surface area contributed by atoms with Gasteiger partial charge in [-0.05, 0) is 38.5 Å². The van der Waals surface area contributed by atoms with Gasteiger partial charge in [0, 0.05) is 31.9 Å². The van der Waals surface area contributed by atoms with Crippen molar-refractivity contribution < 1.29 is 4.74 Å². The molecule has 0 aliphatic heterocycles. The highest BCUT2D eigenvalue weighted by molar-refractivity contribution is 5.42. The van der Waals surface area contributed by atoms with Crippen LogP contribution in [0.1, 0.15) is 25.1 Å². The molecular formula is C13H23N3O. The molecule has 0 amide bonds. The molecule has 0 aliphatic rings. The fraction of sp³-hybridized carbons (Fsp3) is 0.615. The van der Waals surface area contributed by atoms with Crippen LogP contribution < -0.4 is 10.6 Å². The number of hydrogen-bond acceptors (Lipinski definition) is 4. The lowest BCUT2D eigenvalue weighted by molar-refractivity contribution is 0.154. The van der Waals surface area contributed by atoms with Crippen LogP contribution in [0.2, 0.25) is 0 Å². The van der Waals surface area contributed by atoms with Crippen molar-refractivity contribution in [3.05, 3.63) is 23.4 Å². The molecule has 0 radical (unpaired) electrons. The van der Waals surface area contributed by atoms with Gasteiger partial charge in [0.1, 0.15) is 5.82 Å². The number of aromatic nitrogens is 1. The molecule has 17 heavy (non-hydrogen) atoms. The van der Waals surface area contributed by atoms with Gasteiger partial charge in [-0.3, -0.25) is 0 Å². The zero-order valence-corrected chi connectivity index (χ0v) is 11.1. The van der Waals surface area contributed by atoms with E-state index in [9.17, 15) is 0 Å². The maximum Gasteiger partial charge on any atom is 0.129 e. The second kappa shape index (κ2) is 7.25. The maximum atomic E-state index is 5.68. The van der Waals surface area contributed by atoms with Gasteiger partial charge in [-0.1, -0.05) is 0 Å². The molecule has 1 aromatic rings. The van der Waals surface area contributed by atoms with E-state index in [4.69, 9.17) is 10.5 Å². The highest BCUT2D eigenvalue weighted by Crippen LogP contribution is 2.14. The minimum absolute atomic E-state index is 0.555. The van der Waals surface area contributed by atoms with Crippen molar-refractivity contribution in [2.45, 2.75) is 27.3 Å². The number of hydrogen-bond donors (Lipinski definition) is 1. The first-order valence-electron chi connectivity index (χ1n) is 6.21. The number of ether oxygens (including phenoxy) is 1. The lowest BCUT2D eigenvalue weighted by Crippen LogP contribution is -2.28. The quantitative estimate of drug-likeness (QED) is 0.734. The summed E-state index contributed by atoms with van der Waals surface area (Å²) < 4.78 is 5.38. The fourth-order valence-corrected chi connectivity index (χ4v) is 1.75. The van der Waals surface area contributed by atoms with E-state index in [1.165, 1.54) is 0 Å². The first-order chi connectivity index (χ1) is 8.21. The van der Waals surface area contributed by atoms with Crippen molar-refractivity contribution in [1.29, 1.82) is 0 Å². The highest BCUT2D eigenvalue weighted by atomic mass is 16.5. The standard InChI is InChI=1S/C13H23N3O/c1-4-16(6-7-17-5-2)13-9-12(10-14)8-11(3)15-13/h8-9H,4-7,10,14H2,1-3H3. The molecule has 4 heteroatoms. The molecule has 0 unspecified atom stereocenters. The average molecular weight is 237 g/mol. The molecule has 0 saturated heterocycles. The van der Waals surface area contributed by atoms with Crippen molar-refractivity contribution in [3.63, 3.8) is 0 Å². The zero-order chi connectivity index (χ0) is 12.7. The van der Waals surface area contributed by atoms with Gasteiger partial charge in [-0.25, -0.2) is 4.98 Å². The van der Waals surface area contributed by atoms with E-state index in [1.54, 1.807) is 0 Å². The van der Waals surface area contributed by atoms with E-state index < -0.39 is 0 Å². The molecule has 0 fully saturated rings. The van der Waals surface area contributed by atoms with E-state index in [0.29, 0.717) is 6.54 Å². The first kappa shape index (κ1) is 13.9. The third-order valence-electron chi connectivity index (χ3n) is 2.65. The van der Waals surface area contributed by atoms with Crippen LogP contribution in [0.4, 0.5) is 5.82 Å². The second-order valence-corrected chi connectivity index (χ2v) is 3.96. The Morgan fingerprint density at radius 1 is 1.35 bits per heavy atom. The molecule has 4 nitrogen and oxygen atoms in total. The summed E-state index contributed by atoms with van der Waals surface area (Å²) in [7, 11) is 0. The predicted molar refractivity (Wildman–Crippen MR) is 71.2 cm³/mol. The summed E-state index contributed by atoms with van der Waals surface area (Å²) in [5.41, 5.74) is 7.82. The van der Waals surface area contributed by atoms with E-state index in [1.807, 2.05) is 19.9 Å². The van der Waals surface area contributed by atoms with Crippen LogP contribution in [-0.2, 0) is 11.3 Å². The van der Waals surface area contributed by atoms with Gasteiger partial charge in [0.2, 0.25) is 0 Å². The Hall–Kier alpha value is -1.13. The number of pyridine rings is 1. The summed E-state index contributed by atoms with van der Waals surface area (Å²) in [6.07, 6.45) is 0. The molecule has 0 atom stereocenters. The first-order valence-corrected chi connectivity index (χ1v) is 6.21. The van der Waals surface area contributed by atoms with Gasteiger partial charge in [0.15, 0.2) is 0 Å². The Labute approximate surface area is 104 Å².